The summed E-state index contributed by atoms with van der Waals surface area (Å²) in [5.74, 6) is 0.388. The van der Waals surface area contributed by atoms with Gasteiger partial charge in [-0.2, -0.15) is 5.10 Å². The second kappa shape index (κ2) is 9.92. The first-order chi connectivity index (χ1) is 19.2. The number of nitrogens with two attached hydrogens (primary N) is 2. The summed E-state index contributed by atoms with van der Waals surface area (Å²) in [7, 11) is -1.84. The number of nitrogens with one attached hydrogen (secondary N) is 2. The third-order valence-corrected chi connectivity index (χ3v) is 8.37. The van der Waals surface area contributed by atoms with Crippen LogP contribution in [0.15, 0.2) is 53.7 Å². The van der Waals surface area contributed by atoms with E-state index in [-0.39, 0.29) is 16.6 Å². The number of aromatic nitrogens is 5. The number of nitrogens with zero attached hydrogens (tertiary/aromatic N) is 4. The van der Waals surface area contributed by atoms with E-state index >= 15 is 0 Å². The normalized spacial score (nSPS) is 14.6. The number of rotatable bonds is 6. The van der Waals surface area contributed by atoms with E-state index in [1.807, 2.05) is 10.7 Å². The summed E-state index contributed by atoms with van der Waals surface area (Å²) in [6.45, 7) is 2.05. The average molecular weight is 562 g/mol. The summed E-state index contributed by atoms with van der Waals surface area (Å²) < 4.78 is 31.4. The minimum atomic E-state index is -3.37. The van der Waals surface area contributed by atoms with Crippen LogP contribution in [0.5, 0.6) is 5.75 Å². The van der Waals surface area contributed by atoms with Crippen LogP contribution in [-0.4, -0.2) is 65.5 Å². The molecule has 1 fully saturated rings. The highest BCUT2D eigenvalue weighted by atomic mass is 32.2. The third kappa shape index (κ3) is 4.62. The predicted octanol–water partition coefficient (Wildman–Crippen LogP) is 2.12. The molecular formula is C27H29N8O4S+. The summed E-state index contributed by atoms with van der Waals surface area (Å²) in [6, 6.07) is 11.9. The van der Waals surface area contributed by atoms with E-state index in [0.29, 0.717) is 44.9 Å². The van der Waals surface area contributed by atoms with Crippen LogP contribution < -0.4 is 21.1 Å². The van der Waals surface area contributed by atoms with Crippen molar-refractivity contribution in [2.24, 2.45) is 0 Å². The predicted molar refractivity (Wildman–Crippen MR) is 151 cm³/mol. The molecule has 4 heterocycles. The van der Waals surface area contributed by atoms with Crippen molar-refractivity contribution in [3.05, 3.63) is 54.5 Å². The molecule has 3 aromatic heterocycles. The minimum absolute atomic E-state index is 0.186. The van der Waals surface area contributed by atoms with E-state index in [1.54, 1.807) is 24.3 Å². The Morgan fingerprint density at radius 3 is 2.70 bits per heavy atom. The lowest BCUT2D eigenvalue weighted by Gasteiger charge is -2.21. The van der Waals surface area contributed by atoms with Gasteiger partial charge in [-0.1, -0.05) is 6.07 Å². The molecule has 0 spiro atoms. The van der Waals surface area contributed by atoms with Crippen molar-refractivity contribution in [3.63, 3.8) is 0 Å². The van der Waals surface area contributed by atoms with Crippen molar-refractivity contribution < 1.29 is 23.3 Å². The molecule has 0 radical (unpaired) electrons. The largest absolute Gasteiger partial charge is 0.495 e. The maximum absolute atomic E-state index is 13.1. The molecule has 12 nitrogen and oxygen atoms in total. The molecular weight excluding hydrogens is 532 g/mol. The van der Waals surface area contributed by atoms with Crippen LogP contribution in [-0.2, 0) is 9.84 Å². The Bertz CT molecular complexity index is 1870. The molecule has 0 bridgehead atoms. The van der Waals surface area contributed by atoms with Crippen LogP contribution in [0.1, 0.15) is 29.4 Å². The highest BCUT2D eigenvalue weighted by Gasteiger charge is 2.25. The van der Waals surface area contributed by atoms with Crippen LogP contribution in [0.4, 0.5) is 11.5 Å². The Morgan fingerprint density at radius 1 is 1.15 bits per heavy atom. The molecule has 1 aliphatic rings. The number of sulfone groups is 1. The fourth-order valence-corrected chi connectivity index (χ4v) is 5.86. The first-order valence-corrected chi connectivity index (χ1v) is 14.7. The molecule has 0 atom stereocenters. The Balaban J connectivity index is 1.33. The topological polar surface area (TPSA) is 174 Å². The van der Waals surface area contributed by atoms with Gasteiger partial charge in [0.25, 0.3) is 5.91 Å². The van der Waals surface area contributed by atoms with Gasteiger partial charge in [-0.05, 0) is 36.4 Å². The number of benzene rings is 2. The van der Waals surface area contributed by atoms with E-state index < -0.39 is 15.7 Å². The molecule has 0 saturated carbocycles. The zero-order valence-electron chi connectivity index (χ0n) is 22.0. The number of anilines is 2. The Hall–Kier alpha value is -4.49. The summed E-state index contributed by atoms with van der Waals surface area (Å²) in [4.78, 5) is 25.1. The highest BCUT2D eigenvalue weighted by Crippen LogP contribution is 2.37. The van der Waals surface area contributed by atoms with Gasteiger partial charge in [-0.3, -0.25) is 4.79 Å². The number of aromatic amines is 1. The second-order valence-electron chi connectivity index (χ2n) is 9.92. The number of carbonyl (C=O) groups is 1. The number of ether oxygens (including phenoxy) is 1. The fraction of sp³-hybridized carbons (Fsp3) is 0.259. The van der Waals surface area contributed by atoms with Crippen molar-refractivity contribution >= 4 is 49.2 Å². The molecule has 13 heteroatoms. The van der Waals surface area contributed by atoms with Crippen molar-refractivity contribution in [2.45, 2.75) is 23.8 Å². The van der Waals surface area contributed by atoms with Crippen LogP contribution in [0, 0.1) is 0 Å². The number of H-pyrrole nitrogens is 1. The number of methoxy groups -OCH3 is 1. The van der Waals surface area contributed by atoms with Crippen LogP contribution >= 0.6 is 0 Å². The Morgan fingerprint density at radius 2 is 1.95 bits per heavy atom. The quantitative estimate of drug-likeness (QED) is 0.244. The average Bonchev–Trinajstić information content (AvgIpc) is 3.56. The zero-order chi connectivity index (χ0) is 28.0. The van der Waals surface area contributed by atoms with Crippen molar-refractivity contribution in [1.29, 1.82) is 0 Å². The van der Waals surface area contributed by atoms with E-state index in [0.717, 1.165) is 37.8 Å². The smallest absolute Gasteiger partial charge is 0.272 e. The van der Waals surface area contributed by atoms with Gasteiger partial charge in [0.1, 0.15) is 29.3 Å². The minimum Gasteiger partial charge on any atom is -0.495 e. The van der Waals surface area contributed by atoms with E-state index in [9.17, 15) is 13.2 Å². The third-order valence-electron chi connectivity index (χ3n) is 7.26. The number of hydrogen-bond acceptors (Lipinski definition) is 8. The molecule has 1 aliphatic heterocycles. The van der Waals surface area contributed by atoms with Crippen molar-refractivity contribution in [1.82, 2.24) is 24.7 Å². The highest BCUT2D eigenvalue weighted by molar-refractivity contribution is 7.90. The van der Waals surface area contributed by atoms with Gasteiger partial charge >= 0.3 is 0 Å². The van der Waals surface area contributed by atoms with Crippen LogP contribution in [0.2, 0.25) is 0 Å². The lowest BCUT2D eigenvalue weighted by molar-refractivity contribution is -0.664. The van der Waals surface area contributed by atoms with Gasteiger partial charge in [0.2, 0.25) is 0 Å². The maximum Gasteiger partial charge on any atom is 0.272 e. The number of carbonyl (C=O) groups excluding carboxylic acids is 1. The molecule has 206 valence electrons. The lowest BCUT2D eigenvalue weighted by Crippen LogP contribution is -2.86. The number of amides is 1. The summed E-state index contributed by atoms with van der Waals surface area (Å²) in [5.41, 5.74) is 9.79. The SMILES string of the molecule is COc1cc(-c2nn(C3CC[NH2+]CC3)c3ncnc(N)c23)ccc1NC(=O)c1cc2cc(S(C)(=O)=O)ccc2[nH]1. The lowest BCUT2D eigenvalue weighted by atomic mass is 10.1. The number of piperidine rings is 1. The van der Waals surface area contributed by atoms with E-state index in [4.69, 9.17) is 15.6 Å². The van der Waals surface area contributed by atoms with Crippen LogP contribution in [0.3, 0.4) is 0 Å². The molecule has 5 aromatic rings. The van der Waals surface area contributed by atoms with Gasteiger partial charge in [0.05, 0.1) is 42.2 Å². The molecule has 6 rings (SSSR count). The monoisotopic (exact) mass is 561 g/mol. The zero-order valence-corrected chi connectivity index (χ0v) is 22.8. The molecule has 2 aromatic carbocycles. The standard InChI is InChI=1S/C27H28N8O4S/c1-39-22-13-15(24-23-25(28)30-14-31-26(23)35(34-24)17-7-9-29-10-8-17)3-5-20(22)33-27(36)21-12-16-11-18(40(2,37)38)4-6-19(16)32-21/h3-6,11-14,17,29,32H,7-10H2,1-2H3,(H,33,36)(H2,28,30,31)/p+1. The maximum atomic E-state index is 13.1. The second-order valence-corrected chi connectivity index (χ2v) is 11.9. The summed E-state index contributed by atoms with van der Waals surface area (Å²) in [5, 5.41) is 11.4. The van der Waals surface area contributed by atoms with Gasteiger partial charge in [0, 0.05) is 35.6 Å². The molecule has 6 N–H and O–H groups in total. The Kier molecular flexibility index (Phi) is 6.39. The first kappa shape index (κ1) is 25.8. The van der Waals surface area contributed by atoms with Crippen molar-refractivity contribution in [2.75, 3.05) is 37.5 Å². The van der Waals surface area contributed by atoms with Gasteiger partial charge < -0.3 is 26.1 Å². The van der Waals surface area contributed by atoms with E-state index in [2.05, 4.69) is 25.6 Å². The fourth-order valence-electron chi connectivity index (χ4n) is 5.20. The molecule has 40 heavy (non-hydrogen) atoms. The van der Waals surface area contributed by atoms with E-state index in [1.165, 1.54) is 25.6 Å². The summed E-state index contributed by atoms with van der Waals surface area (Å²) in [6.07, 6.45) is 4.57. The number of hydrogen-bond donors (Lipinski definition) is 4. The van der Waals surface area contributed by atoms with Gasteiger partial charge in [0.15, 0.2) is 15.5 Å². The molecule has 1 saturated heterocycles. The molecule has 1 amide bonds. The number of quaternary nitrogens is 1. The first-order valence-electron chi connectivity index (χ1n) is 12.9. The Labute approximate surface area is 229 Å². The van der Waals surface area contributed by atoms with Crippen LogP contribution in [0.25, 0.3) is 33.2 Å². The number of fused-ring (bicyclic) bond motifs is 2. The van der Waals surface area contributed by atoms with Gasteiger partial charge in [-0.15, -0.1) is 0 Å². The molecule has 0 unspecified atom stereocenters. The van der Waals surface area contributed by atoms with Crippen molar-refractivity contribution in [3.8, 4) is 17.0 Å². The van der Waals surface area contributed by atoms with Gasteiger partial charge in [-0.25, -0.2) is 23.1 Å². The summed E-state index contributed by atoms with van der Waals surface area (Å²) >= 11 is 0. The number of nitrogen functional groups attached to an aromatic ring is 1. The molecule has 0 aliphatic carbocycles.